The molecule has 0 saturated heterocycles. The Kier molecular flexibility index (Phi) is 4.38. The molecule has 0 fully saturated rings. The van der Waals surface area contributed by atoms with E-state index in [4.69, 9.17) is 10.5 Å². The molecule has 0 aliphatic rings. The predicted molar refractivity (Wildman–Crippen MR) is 60.1 cm³/mol. The number of amides is 1. The van der Waals surface area contributed by atoms with Gasteiger partial charge < -0.3 is 15.8 Å². The summed E-state index contributed by atoms with van der Waals surface area (Å²) in [5.41, 5.74) is 5.27. The Balaban J connectivity index is 2.24. The summed E-state index contributed by atoms with van der Waals surface area (Å²) in [5, 5.41) is 15.9. The number of alkyl carbamates (subject to hydrolysis) is 1. The lowest BCUT2D eigenvalue weighted by Gasteiger charge is -2.20. The van der Waals surface area contributed by atoms with Gasteiger partial charge in [-0.15, -0.1) is 10.2 Å². The predicted octanol–water partition coefficient (Wildman–Crippen LogP) is -0.406. The average Bonchev–Trinajstić information content (AvgIpc) is 2.64. The van der Waals surface area contributed by atoms with Crippen LogP contribution in [0.2, 0.25) is 0 Å². The van der Waals surface area contributed by atoms with Crippen molar-refractivity contribution in [2.24, 2.45) is 5.73 Å². The Bertz CT molecular complexity index is 345. The fourth-order valence-corrected chi connectivity index (χ4v) is 1.10. The average molecular weight is 242 g/mol. The SMILES string of the molecule is CC(C)(C)OC(=O)NCC(N)Cc1nn[nH]n1. The van der Waals surface area contributed by atoms with Gasteiger partial charge in [0, 0.05) is 19.0 Å². The molecule has 1 rings (SSSR count). The maximum Gasteiger partial charge on any atom is 0.407 e. The lowest BCUT2D eigenvalue weighted by atomic mass is 10.2. The first-order valence-electron chi connectivity index (χ1n) is 5.31. The second-order valence-electron chi connectivity index (χ2n) is 4.68. The van der Waals surface area contributed by atoms with Gasteiger partial charge in [-0.25, -0.2) is 4.79 Å². The third kappa shape index (κ3) is 5.81. The fourth-order valence-electron chi connectivity index (χ4n) is 1.10. The third-order valence-corrected chi connectivity index (χ3v) is 1.74. The molecule has 8 nitrogen and oxygen atoms in total. The van der Waals surface area contributed by atoms with Gasteiger partial charge in [-0.2, -0.15) is 5.21 Å². The van der Waals surface area contributed by atoms with Crippen LogP contribution in [0, 0.1) is 0 Å². The van der Waals surface area contributed by atoms with E-state index < -0.39 is 11.7 Å². The molecule has 1 aromatic heterocycles. The number of nitrogens with zero attached hydrogens (tertiary/aromatic N) is 3. The molecule has 1 atom stereocenters. The maximum absolute atomic E-state index is 11.3. The summed E-state index contributed by atoms with van der Waals surface area (Å²) < 4.78 is 5.07. The van der Waals surface area contributed by atoms with Crippen molar-refractivity contribution in [3.63, 3.8) is 0 Å². The van der Waals surface area contributed by atoms with Gasteiger partial charge in [0.25, 0.3) is 0 Å². The third-order valence-electron chi connectivity index (χ3n) is 1.74. The Morgan fingerprint density at radius 2 is 2.29 bits per heavy atom. The topological polar surface area (TPSA) is 119 Å². The molecule has 0 aromatic carbocycles. The molecule has 0 aliphatic carbocycles. The van der Waals surface area contributed by atoms with Crippen molar-refractivity contribution in [2.75, 3.05) is 6.54 Å². The van der Waals surface area contributed by atoms with E-state index in [1.807, 2.05) is 0 Å². The first kappa shape index (κ1) is 13.4. The molecule has 0 aliphatic heterocycles. The Morgan fingerprint density at radius 3 is 2.82 bits per heavy atom. The number of hydrogen-bond acceptors (Lipinski definition) is 6. The van der Waals surface area contributed by atoms with Crippen LogP contribution < -0.4 is 11.1 Å². The molecule has 0 bridgehead atoms. The molecule has 1 unspecified atom stereocenters. The van der Waals surface area contributed by atoms with E-state index in [1.165, 1.54) is 0 Å². The lowest BCUT2D eigenvalue weighted by molar-refractivity contribution is 0.0524. The van der Waals surface area contributed by atoms with E-state index in [-0.39, 0.29) is 6.04 Å². The van der Waals surface area contributed by atoms with Crippen LogP contribution in [-0.2, 0) is 11.2 Å². The Morgan fingerprint density at radius 1 is 1.59 bits per heavy atom. The number of aromatic nitrogens is 4. The zero-order valence-electron chi connectivity index (χ0n) is 10.2. The van der Waals surface area contributed by atoms with E-state index in [0.29, 0.717) is 18.8 Å². The minimum atomic E-state index is -0.512. The summed E-state index contributed by atoms with van der Waals surface area (Å²) in [6.07, 6.45) is -0.0483. The quantitative estimate of drug-likeness (QED) is 0.660. The smallest absolute Gasteiger partial charge is 0.407 e. The molecule has 1 heterocycles. The lowest BCUT2D eigenvalue weighted by Crippen LogP contribution is -2.41. The molecule has 0 spiro atoms. The number of nitrogens with one attached hydrogen (secondary N) is 2. The normalized spacial score (nSPS) is 13.2. The molecule has 1 amide bonds. The molecule has 96 valence electrons. The zero-order chi connectivity index (χ0) is 12.9. The van der Waals surface area contributed by atoms with Crippen molar-refractivity contribution in [1.82, 2.24) is 25.9 Å². The molecule has 17 heavy (non-hydrogen) atoms. The molecule has 8 heteroatoms. The van der Waals surface area contributed by atoms with Crippen LogP contribution in [0.25, 0.3) is 0 Å². The number of hydrogen-bond donors (Lipinski definition) is 3. The van der Waals surface area contributed by atoms with Gasteiger partial charge >= 0.3 is 6.09 Å². The minimum absolute atomic E-state index is 0.278. The standard InChI is InChI=1S/C9H18N6O2/c1-9(2,3)17-8(16)11-5-6(10)4-7-12-14-15-13-7/h6H,4-5,10H2,1-3H3,(H,11,16)(H,12,13,14,15). The first-order chi connectivity index (χ1) is 7.87. The van der Waals surface area contributed by atoms with Gasteiger partial charge in [0.15, 0.2) is 5.82 Å². The van der Waals surface area contributed by atoms with E-state index in [1.54, 1.807) is 20.8 Å². The highest BCUT2D eigenvalue weighted by molar-refractivity contribution is 5.67. The summed E-state index contributed by atoms with van der Waals surface area (Å²) in [7, 11) is 0. The second-order valence-corrected chi connectivity index (χ2v) is 4.68. The number of carbonyl (C=O) groups excluding carboxylic acids is 1. The van der Waals surface area contributed by atoms with Gasteiger partial charge in [-0.1, -0.05) is 5.21 Å². The summed E-state index contributed by atoms with van der Waals surface area (Å²) >= 11 is 0. The van der Waals surface area contributed by atoms with Crippen LogP contribution in [-0.4, -0.2) is 44.9 Å². The van der Waals surface area contributed by atoms with E-state index in [2.05, 4.69) is 25.9 Å². The van der Waals surface area contributed by atoms with Gasteiger partial charge in [0.05, 0.1) is 0 Å². The molecule has 4 N–H and O–H groups in total. The first-order valence-corrected chi connectivity index (χ1v) is 5.31. The summed E-state index contributed by atoms with van der Waals surface area (Å²) in [4.78, 5) is 11.3. The van der Waals surface area contributed by atoms with Crippen molar-refractivity contribution in [3.8, 4) is 0 Å². The summed E-state index contributed by atoms with van der Waals surface area (Å²) in [6.45, 7) is 5.69. The van der Waals surface area contributed by atoms with Crippen molar-refractivity contribution >= 4 is 6.09 Å². The van der Waals surface area contributed by atoms with Crippen molar-refractivity contribution < 1.29 is 9.53 Å². The van der Waals surface area contributed by atoms with Gasteiger partial charge in [-0.05, 0) is 20.8 Å². The van der Waals surface area contributed by atoms with E-state index >= 15 is 0 Å². The number of tetrazole rings is 1. The van der Waals surface area contributed by atoms with Gasteiger partial charge in [0.1, 0.15) is 5.60 Å². The number of rotatable bonds is 4. The number of carbonyl (C=O) groups is 1. The molecule has 0 saturated carbocycles. The highest BCUT2D eigenvalue weighted by Gasteiger charge is 2.16. The largest absolute Gasteiger partial charge is 0.444 e. The van der Waals surface area contributed by atoms with Crippen LogP contribution >= 0.6 is 0 Å². The Hall–Kier alpha value is -1.70. The second kappa shape index (κ2) is 5.58. The van der Waals surface area contributed by atoms with Crippen molar-refractivity contribution in [1.29, 1.82) is 0 Å². The van der Waals surface area contributed by atoms with E-state index in [9.17, 15) is 4.79 Å². The maximum atomic E-state index is 11.3. The molecular formula is C9H18N6O2. The van der Waals surface area contributed by atoms with Crippen molar-refractivity contribution in [3.05, 3.63) is 5.82 Å². The van der Waals surface area contributed by atoms with Crippen LogP contribution in [0.1, 0.15) is 26.6 Å². The van der Waals surface area contributed by atoms with Crippen LogP contribution in [0.3, 0.4) is 0 Å². The minimum Gasteiger partial charge on any atom is -0.444 e. The highest BCUT2D eigenvalue weighted by atomic mass is 16.6. The zero-order valence-corrected chi connectivity index (χ0v) is 10.2. The van der Waals surface area contributed by atoms with E-state index in [0.717, 1.165) is 0 Å². The highest BCUT2D eigenvalue weighted by Crippen LogP contribution is 2.06. The number of aromatic amines is 1. The van der Waals surface area contributed by atoms with Crippen LogP contribution in [0.4, 0.5) is 4.79 Å². The molecule has 0 radical (unpaired) electrons. The van der Waals surface area contributed by atoms with Crippen LogP contribution in [0.15, 0.2) is 0 Å². The molecule has 1 aromatic rings. The molecular weight excluding hydrogens is 224 g/mol. The number of ether oxygens (including phenoxy) is 1. The summed E-state index contributed by atoms with van der Waals surface area (Å²) in [5.74, 6) is 0.517. The van der Waals surface area contributed by atoms with Gasteiger partial charge in [-0.3, -0.25) is 0 Å². The monoisotopic (exact) mass is 242 g/mol. The number of H-pyrrole nitrogens is 1. The number of nitrogens with two attached hydrogens (primary N) is 1. The Labute approximate surface area is 99.3 Å². The fraction of sp³-hybridized carbons (Fsp3) is 0.778. The van der Waals surface area contributed by atoms with Crippen LogP contribution in [0.5, 0.6) is 0 Å². The van der Waals surface area contributed by atoms with Gasteiger partial charge in [0.2, 0.25) is 0 Å². The summed E-state index contributed by atoms with van der Waals surface area (Å²) in [6, 6.07) is -0.278. The van der Waals surface area contributed by atoms with Crippen molar-refractivity contribution in [2.45, 2.75) is 38.8 Å².